The molecule has 8 nitrogen and oxygen atoms in total. The maximum atomic E-state index is 6.52. The van der Waals surface area contributed by atoms with E-state index in [4.69, 9.17) is 18.8 Å². The second-order valence-corrected chi connectivity index (χ2v) is 29.2. The van der Waals surface area contributed by atoms with Gasteiger partial charge in [-0.05, 0) is 144 Å². The molecule has 10 aromatic heterocycles. The number of benzene rings is 14. The van der Waals surface area contributed by atoms with E-state index in [9.17, 15) is 0 Å². The van der Waals surface area contributed by atoms with Crippen molar-refractivity contribution in [1.29, 1.82) is 0 Å². The van der Waals surface area contributed by atoms with Crippen molar-refractivity contribution in [3.63, 3.8) is 0 Å². The second-order valence-electron chi connectivity index (χ2n) is 27.1. The number of pyridine rings is 2. The van der Waals surface area contributed by atoms with Crippen molar-refractivity contribution >= 4 is 194 Å². The molecule has 0 spiro atoms. The molecular formula is C94H54N6O2S2. The molecule has 14 aromatic carbocycles. The molecule has 0 saturated carbocycles. The van der Waals surface area contributed by atoms with Crippen LogP contribution in [0.2, 0.25) is 0 Å². The maximum absolute atomic E-state index is 6.52. The molecular weight excluding hydrogens is 1310 g/mol. The molecule has 0 N–H and O–H groups in total. The Bertz CT molecular complexity index is 6860. The molecule has 10 heterocycles. The van der Waals surface area contributed by atoms with Crippen molar-refractivity contribution in [1.82, 2.24) is 28.2 Å². The highest BCUT2D eigenvalue weighted by atomic mass is 32.1. The zero-order valence-electron chi connectivity index (χ0n) is 55.5. The predicted octanol–water partition coefficient (Wildman–Crippen LogP) is 26.4. The number of thiophene rings is 2. The van der Waals surface area contributed by atoms with Gasteiger partial charge in [0.05, 0.1) is 64.9 Å². The van der Waals surface area contributed by atoms with Gasteiger partial charge in [0.15, 0.2) is 22.8 Å². The largest absolute Gasteiger partial charge is 0.454 e. The first-order chi connectivity index (χ1) is 51.6. The van der Waals surface area contributed by atoms with Crippen LogP contribution in [0.3, 0.4) is 0 Å². The zero-order valence-corrected chi connectivity index (χ0v) is 57.1. The third-order valence-corrected chi connectivity index (χ3v) is 24.0. The first kappa shape index (κ1) is 57.4. The lowest BCUT2D eigenvalue weighted by atomic mass is 10.0. The minimum absolute atomic E-state index is 0.795. The van der Waals surface area contributed by atoms with Gasteiger partial charge in [0, 0.05) is 108 Å². The van der Waals surface area contributed by atoms with Crippen LogP contribution in [0.5, 0.6) is 0 Å². The summed E-state index contributed by atoms with van der Waals surface area (Å²) in [5.41, 5.74) is 19.7. The SMILES string of the molecule is c1ccc2c(c1)oc1c(-n3c4ccccc4c4cc(-c5ccc6c(c5)c5ccccc5n6-c5cccc6c5sc5ccccc56)ccc43)nccc12.c1ccc2c(c1)oc1c(-n3c4ccccc4c4cc(-c5ccc6c(c5)c5ccccc5n6-c5nccc6c5sc5ccccc56)ccc43)cccc12. The van der Waals surface area contributed by atoms with Crippen LogP contribution >= 0.6 is 22.7 Å². The highest BCUT2D eigenvalue weighted by molar-refractivity contribution is 7.26. The van der Waals surface area contributed by atoms with Gasteiger partial charge in [0.25, 0.3) is 0 Å². The number of furan rings is 2. The molecule has 0 aliphatic heterocycles. The summed E-state index contributed by atoms with van der Waals surface area (Å²) in [6.45, 7) is 0. The van der Waals surface area contributed by atoms with Gasteiger partial charge in [0.2, 0.25) is 0 Å². The molecule has 0 unspecified atom stereocenters. The summed E-state index contributed by atoms with van der Waals surface area (Å²) in [5, 5.41) is 19.3. The van der Waals surface area contributed by atoms with Gasteiger partial charge >= 0.3 is 0 Å². The van der Waals surface area contributed by atoms with E-state index in [-0.39, 0.29) is 0 Å². The van der Waals surface area contributed by atoms with E-state index in [2.05, 4.69) is 303 Å². The van der Waals surface area contributed by atoms with Gasteiger partial charge in [-0.2, -0.15) is 0 Å². The minimum atomic E-state index is 0.795. The summed E-state index contributed by atoms with van der Waals surface area (Å²) >= 11 is 3.69. The summed E-state index contributed by atoms with van der Waals surface area (Å²) < 4.78 is 27.5. The number of para-hydroxylation sites is 7. The fourth-order valence-electron chi connectivity index (χ4n) is 17.0. The van der Waals surface area contributed by atoms with E-state index >= 15 is 0 Å². The highest BCUT2D eigenvalue weighted by Gasteiger charge is 2.25. The molecule has 0 amide bonds. The molecule has 104 heavy (non-hydrogen) atoms. The van der Waals surface area contributed by atoms with Crippen LogP contribution in [0, 0.1) is 0 Å². The van der Waals surface area contributed by atoms with Crippen molar-refractivity contribution in [2.24, 2.45) is 0 Å². The van der Waals surface area contributed by atoms with E-state index in [0.717, 1.165) is 94.3 Å². The van der Waals surface area contributed by atoms with Gasteiger partial charge in [0.1, 0.15) is 11.2 Å². The van der Waals surface area contributed by atoms with Crippen molar-refractivity contribution in [2.75, 3.05) is 0 Å². The van der Waals surface area contributed by atoms with Crippen LogP contribution in [0.1, 0.15) is 0 Å². The molecule has 0 atom stereocenters. The van der Waals surface area contributed by atoms with Crippen LogP contribution in [0.25, 0.3) is 217 Å². The Morgan fingerprint density at radius 3 is 1.08 bits per heavy atom. The summed E-state index contributed by atoms with van der Waals surface area (Å²) in [6.07, 6.45) is 3.84. The van der Waals surface area contributed by atoms with Crippen LogP contribution in [-0.4, -0.2) is 28.2 Å². The molecule has 0 aliphatic rings. The number of aromatic nitrogens is 6. The zero-order chi connectivity index (χ0) is 67.8. The molecule has 484 valence electrons. The Morgan fingerprint density at radius 1 is 0.221 bits per heavy atom. The Balaban J connectivity index is 0.000000127. The lowest BCUT2D eigenvalue weighted by molar-refractivity contribution is 0.663. The van der Waals surface area contributed by atoms with E-state index < -0.39 is 0 Å². The normalized spacial score (nSPS) is 12.2. The number of hydrogen-bond acceptors (Lipinski definition) is 6. The highest BCUT2D eigenvalue weighted by Crippen LogP contribution is 2.47. The first-order valence-electron chi connectivity index (χ1n) is 35.1. The topological polar surface area (TPSA) is 71.8 Å². The lowest BCUT2D eigenvalue weighted by Crippen LogP contribution is -1.97. The molecule has 24 aromatic rings. The van der Waals surface area contributed by atoms with E-state index in [1.807, 2.05) is 65.4 Å². The summed E-state index contributed by atoms with van der Waals surface area (Å²) in [4.78, 5) is 9.93. The molecule has 10 heteroatoms. The summed E-state index contributed by atoms with van der Waals surface area (Å²) in [5.74, 6) is 1.78. The van der Waals surface area contributed by atoms with Gasteiger partial charge < -0.3 is 18.0 Å². The monoisotopic (exact) mass is 1360 g/mol. The molecule has 0 fully saturated rings. The Kier molecular flexibility index (Phi) is 12.2. The number of nitrogens with zero attached hydrogens (tertiary/aromatic N) is 6. The average molecular weight is 1360 g/mol. The first-order valence-corrected chi connectivity index (χ1v) is 36.7. The van der Waals surface area contributed by atoms with Crippen LogP contribution in [0.15, 0.2) is 337 Å². The quantitative estimate of drug-likeness (QED) is 0.166. The molecule has 0 radical (unpaired) electrons. The predicted molar refractivity (Wildman–Crippen MR) is 437 cm³/mol. The standard InChI is InChI=1S/2C47H27N3OS/c1-5-15-38-30(10-1)36-26-28(20-22-40(36)49(38)42-17-9-14-35-33-13-4-8-19-44(33)52-46(35)42)29-21-23-41-37(27-29)31-11-2-6-16-39(31)50(41)47-45-34(24-25-48-47)32-12-3-7-18-43(32)51-45;1-5-15-38-30(10-1)36-26-28(20-22-40(36)49(38)42-17-9-14-34-32-12-3-7-18-43(32)51-45(34)42)29-21-23-41-37(27-29)31-11-2-6-16-39(31)50(41)47-46-35(24-25-48-47)33-13-4-8-19-44(33)52-46/h2*1-27H. The smallest absolute Gasteiger partial charge is 0.181 e. The Hall–Kier alpha value is -13.4. The van der Waals surface area contributed by atoms with Gasteiger partial charge in [-0.3, -0.25) is 9.13 Å². The van der Waals surface area contributed by atoms with Crippen molar-refractivity contribution < 1.29 is 8.83 Å². The summed E-state index contributed by atoms with van der Waals surface area (Å²) in [6, 6.07) is 114. The fraction of sp³-hybridized carbons (Fsp3) is 0. The van der Waals surface area contributed by atoms with Gasteiger partial charge in [-0.25, -0.2) is 9.97 Å². The van der Waals surface area contributed by atoms with Gasteiger partial charge in [-0.15, -0.1) is 22.7 Å². The van der Waals surface area contributed by atoms with Crippen LogP contribution < -0.4 is 0 Å². The lowest BCUT2D eigenvalue weighted by Gasteiger charge is -2.10. The van der Waals surface area contributed by atoms with E-state index in [1.165, 1.54) is 122 Å². The average Bonchev–Trinajstić information content (AvgIpc) is 1.58. The fourth-order valence-corrected chi connectivity index (χ4v) is 19.4. The van der Waals surface area contributed by atoms with Crippen molar-refractivity contribution in [3.05, 3.63) is 328 Å². The third kappa shape index (κ3) is 8.28. The molecule has 0 bridgehead atoms. The minimum Gasteiger partial charge on any atom is -0.454 e. The van der Waals surface area contributed by atoms with Gasteiger partial charge in [-0.1, -0.05) is 194 Å². The summed E-state index contributed by atoms with van der Waals surface area (Å²) in [7, 11) is 0. The van der Waals surface area contributed by atoms with E-state index in [1.54, 1.807) is 0 Å². The second kappa shape index (κ2) is 22.1. The third-order valence-electron chi connectivity index (χ3n) is 21.6. The number of rotatable bonds is 6. The number of fused-ring (bicyclic) bond motifs is 24. The molecule has 24 rings (SSSR count). The maximum Gasteiger partial charge on any atom is 0.181 e. The van der Waals surface area contributed by atoms with E-state index in [0.29, 0.717) is 0 Å². The molecule has 0 aliphatic carbocycles. The van der Waals surface area contributed by atoms with Crippen LogP contribution in [0.4, 0.5) is 0 Å². The number of hydrogen-bond donors (Lipinski definition) is 0. The Morgan fingerprint density at radius 2 is 0.558 bits per heavy atom. The molecule has 0 saturated heterocycles. The Labute approximate surface area is 600 Å². The van der Waals surface area contributed by atoms with Crippen molar-refractivity contribution in [2.45, 2.75) is 0 Å². The van der Waals surface area contributed by atoms with Crippen molar-refractivity contribution in [3.8, 4) is 45.3 Å². The van der Waals surface area contributed by atoms with Crippen LogP contribution in [-0.2, 0) is 0 Å².